The third-order valence-electron chi connectivity index (χ3n) is 5.69. The Labute approximate surface area is 192 Å². The monoisotopic (exact) mass is 445 g/mol. The van der Waals surface area contributed by atoms with Gasteiger partial charge in [-0.2, -0.15) is 5.10 Å². The van der Waals surface area contributed by atoms with Crippen molar-refractivity contribution in [2.45, 2.75) is 52.9 Å². The highest BCUT2D eigenvalue weighted by Crippen LogP contribution is 2.32. The van der Waals surface area contributed by atoms with Crippen molar-refractivity contribution in [1.82, 2.24) is 10.4 Å². The summed E-state index contributed by atoms with van der Waals surface area (Å²) in [7, 11) is 0. The molecular formula is C26H27N3O4. The summed E-state index contributed by atoms with van der Waals surface area (Å²) in [5.74, 6) is 0.677. The largest absolute Gasteiger partial charge is 0.453 e. The fourth-order valence-corrected chi connectivity index (χ4v) is 4.00. The van der Waals surface area contributed by atoms with Gasteiger partial charge in [-0.3, -0.25) is 9.78 Å². The molecule has 0 bridgehead atoms. The molecule has 0 fully saturated rings. The summed E-state index contributed by atoms with van der Waals surface area (Å²) in [5, 5.41) is 4.33. The molecule has 170 valence electrons. The topological polar surface area (TPSA) is 93.8 Å². The van der Waals surface area contributed by atoms with Gasteiger partial charge in [0.15, 0.2) is 0 Å². The van der Waals surface area contributed by atoms with Crippen LogP contribution < -0.4 is 10.2 Å². The minimum atomic E-state index is -0.536. The van der Waals surface area contributed by atoms with Gasteiger partial charge in [-0.05, 0) is 61.9 Å². The van der Waals surface area contributed by atoms with E-state index in [9.17, 15) is 9.59 Å². The predicted octanol–water partition coefficient (Wildman–Crippen LogP) is 5.10. The third kappa shape index (κ3) is 4.72. The van der Waals surface area contributed by atoms with E-state index in [0.717, 1.165) is 23.1 Å². The lowest BCUT2D eigenvalue weighted by atomic mass is 9.93. The van der Waals surface area contributed by atoms with Crippen molar-refractivity contribution in [3.63, 3.8) is 0 Å². The summed E-state index contributed by atoms with van der Waals surface area (Å²) in [6.45, 7) is 7.89. The molecule has 7 nitrogen and oxygen atoms in total. The maximum absolute atomic E-state index is 13.1. The van der Waals surface area contributed by atoms with E-state index in [-0.39, 0.29) is 17.4 Å². The molecule has 1 aliphatic rings. The Morgan fingerprint density at radius 3 is 2.70 bits per heavy atom. The maximum Gasteiger partial charge on any atom is 0.379 e. The van der Waals surface area contributed by atoms with E-state index in [4.69, 9.17) is 9.15 Å². The van der Waals surface area contributed by atoms with Gasteiger partial charge in [0.25, 0.3) is 5.91 Å². The summed E-state index contributed by atoms with van der Waals surface area (Å²) >= 11 is 0. The summed E-state index contributed by atoms with van der Waals surface area (Å²) in [5.41, 5.74) is 6.94. The second-order valence-electron chi connectivity index (χ2n) is 8.51. The van der Waals surface area contributed by atoms with Crippen LogP contribution in [0, 0.1) is 13.8 Å². The number of carbonyl (C=O) groups is 2. The first-order valence-corrected chi connectivity index (χ1v) is 11.1. The minimum absolute atomic E-state index is 0.168. The van der Waals surface area contributed by atoms with Crippen molar-refractivity contribution in [3.05, 3.63) is 82.1 Å². The molecule has 1 aliphatic carbocycles. The fraction of sp³-hybridized carbons (Fsp3) is 0.308. The predicted molar refractivity (Wildman–Crippen MR) is 125 cm³/mol. The van der Waals surface area contributed by atoms with E-state index >= 15 is 0 Å². The molecule has 0 atom stereocenters. The van der Waals surface area contributed by atoms with Crippen molar-refractivity contribution < 1.29 is 18.7 Å². The van der Waals surface area contributed by atoms with Gasteiger partial charge in [-0.25, -0.2) is 10.2 Å². The lowest BCUT2D eigenvalue weighted by Crippen LogP contribution is -2.22. The Morgan fingerprint density at radius 2 is 1.97 bits per heavy atom. The van der Waals surface area contributed by atoms with Crippen molar-refractivity contribution in [3.8, 4) is 5.75 Å². The molecule has 3 aromatic rings. The average Bonchev–Trinajstić information content (AvgIpc) is 3.15. The number of rotatable bonds is 5. The fourth-order valence-electron chi connectivity index (χ4n) is 4.00. The molecule has 1 amide bonds. The molecule has 7 heteroatoms. The van der Waals surface area contributed by atoms with Crippen LogP contribution in [0.3, 0.4) is 0 Å². The van der Waals surface area contributed by atoms with E-state index in [0.29, 0.717) is 35.6 Å². The van der Waals surface area contributed by atoms with Gasteiger partial charge in [0, 0.05) is 23.7 Å². The highest BCUT2D eigenvalue weighted by molar-refractivity contribution is 6.06. The normalized spacial score (nSPS) is 14.3. The summed E-state index contributed by atoms with van der Waals surface area (Å²) in [6, 6.07) is 11.0. The zero-order valence-corrected chi connectivity index (χ0v) is 19.3. The minimum Gasteiger partial charge on any atom is -0.453 e. The van der Waals surface area contributed by atoms with E-state index in [1.807, 2.05) is 32.0 Å². The number of hydrogen-bond acceptors (Lipinski definition) is 6. The molecule has 4 rings (SSSR count). The van der Waals surface area contributed by atoms with Gasteiger partial charge < -0.3 is 9.15 Å². The van der Waals surface area contributed by atoms with E-state index < -0.39 is 11.9 Å². The number of hydrazone groups is 1. The van der Waals surface area contributed by atoms with E-state index in [1.54, 1.807) is 24.4 Å². The van der Waals surface area contributed by atoms with Crippen LogP contribution in [0.15, 0.2) is 52.1 Å². The van der Waals surface area contributed by atoms with Crippen molar-refractivity contribution in [1.29, 1.82) is 0 Å². The average molecular weight is 446 g/mol. The van der Waals surface area contributed by atoms with Gasteiger partial charge >= 0.3 is 5.97 Å². The Bertz CT molecular complexity index is 1230. The van der Waals surface area contributed by atoms with Gasteiger partial charge in [-0.1, -0.05) is 32.0 Å². The highest BCUT2D eigenvalue weighted by atomic mass is 16.5. The number of furan rings is 1. The van der Waals surface area contributed by atoms with Crippen LogP contribution in [0.1, 0.15) is 81.7 Å². The lowest BCUT2D eigenvalue weighted by molar-refractivity contribution is 0.0696. The van der Waals surface area contributed by atoms with E-state index in [2.05, 4.69) is 29.4 Å². The summed E-state index contributed by atoms with van der Waals surface area (Å²) < 4.78 is 11.7. The Kier molecular flexibility index (Phi) is 6.40. The SMILES string of the molecule is Cc1ccc(C(C)C)c(OC(=O)c2oc3c(c2C)/C(=N/NC(=O)c2ccccn2)CCC3)c1. The quantitative estimate of drug-likeness (QED) is 0.335. The van der Waals surface area contributed by atoms with Gasteiger partial charge in [0.05, 0.1) is 5.71 Å². The number of nitrogens with zero attached hydrogens (tertiary/aromatic N) is 2. The molecule has 0 saturated carbocycles. The number of esters is 1. The van der Waals surface area contributed by atoms with Gasteiger partial charge in [0.1, 0.15) is 17.2 Å². The van der Waals surface area contributed by atoms with Crippen LogP contribution in [0.25, 0.3) is 0 Å². The van der Waals surface area contributed by atoms with Gasteiger partial charge in [-0.15, -0.1) is 0 Å². The smallest absolute Gasteiger partial charge is 0.379 e. The number of amides is 1. The van der Waals surface area contributed by atoms with Crippen LogP contribution in [-0.4, -0.2) is 22.6 Å². The second-order valence-corrected chi connectivity index (χ2v) is 8.51. The Balaban J connectivity index is 1.60. The highest BCUT2D eigenvalue weighted by Gasteiger charge is 2.29. The van der Waals surface area contributed by atoms with Gasteiger partial charge in [0.2, 0.25) is 5.76 Å². The molecule has 0 unspecified atom stereocenters. The lowest BCUT2D eigenvalue weighted by Gasteiger charge is -2.13. The number of aromatic nitrogens is 1. The first-order chi connectivity index (χ1) is 15.8. The van der Waals surface area contributed by atoms with Crippen LogP contribution in [-0.2, 0) is 6.42 Å². The summed E-state index contributed by atoms with van der Waals surface area (Å²) in [4.78, 5) is 29.4. The molecule has 33 heavy (non-hydrogen) atoms. The zero-order chi connectivity index (χ0) is 23.5. The molecule has 2 heterocycles. The number of hydrogen-bond donors (Lipinski definition) is 1. The molecule has 2 aromatic heterocycles. The van der Waals surface area contributed by atoms with Crippen LogP contribution in [0.2, 0.25) is 0 Å². The first-order valence-electron chi connectivity index (χ1n) is 11.1. The first kappa shape index (κ1) is 22.5. The number of aryl methyl sites for hydroxylation is 2. The van der Waals surface area contributed by atoms with Crippen LogP contribution >= 0.6 is 0 Å². The molecule has 0 spiro atoms. The molecule has 0 aliphatic heterocycles. The molecule has 1 N–H and O–H groups in total. The van der Waals surface area contributed by atoms with Crippen molar-refractivity contribution in [2.24, 2.45) is 5.10 Å². The number of pyridine rings is 1. The number of carbonyl (C=O) groups excluding carboxylic acids is 2. The van der Waals surface area contributed by atoms with Crippen LogP contribution in [0.5, 0.6) is 5.75 Å². The maximum atomic E-state index is 13.1. The number of fused-ring (bicyclic) bond motifs is 1. The molecule has 1 aromatic carbocycles. The number of nitrogens with one attached hydrogen (secondary N) is 1. The Hall–Kier alpha value is -3.74. The van der Waals surface area contributed by atoms with Crippen molar-refractivity contribution >= 4 is 17.6 Å². The molecular weight excluding hydrogens is 418 g/mol. The van der Waals surface area contributed by atoms with Crippen LogP contribution in [0.4, 0.5) is 0 Å². The Morgan fingerprint density at radius 1 is 1.15 bits per heavy atom. The number of benzene rings is 1. The van der Waals surface area contributed by atoms with E-state index in [1.165, 1.54) is 0 Å². The second kappa shape index (κ2) is 9.40. The molecule has 0 saturated heterocycles. The zero-order valence-electron chi connectivity index (χ0n) is 19.3. The number of ether oxygens (including phenoxy) is 1. The summed E-state index contributed by atoms with van der Waals surface area (Å²) in [6.07, 6.45) is 3.72. The molecule has 0 radical (unpaired) electrons. The standard InChI is InChI=1S/C26H27N3O4/c1-15(2)18-12-11-16(3)14-22(18)33-26(31)24-17(4)23-19(9-7-10-21(23)32-24)28-29-25(30)20-8-5-6-13-27-20/h5-6,8,11-15H,7,9-10H2,1-4H3,(H,29,30)/b28-19+. The van der Waals surface area contributed by atoms with Crippen molar-refractivity contribution in [2.75, 3.05) is 0 Å². The third-order valence-corrected chi connectivity index (χ3v) is 5.69.